The Morgan fingerprint density at radius 1 is 1.36 bits per heavy atom. The summed E-state index contributed by atoms with van der Waals surface area (Å²) in [6.07, 6.45) is 14.7. The fourth-order valence-corrected chi connectivity index (χ4v) is 3.39. The first-order valence-corrected chi connectivity index (χ1v) is 9.33. The van der Waals surface area contributed by atoms with E-state index in [0.29, 0.717) is 19.1 Å². The second-order valence-corrected chi connectivity index (χ2v) is 6.96. The molecular weight excluding hydrogens is 360 g/mol. The van der Waals surface area contributed by atoms with Crippen molar-refractivity contribution in [2.75, 3.05) is 13.2 Å². The van der Waals surface area contributed by atoms with Crippen LogP contribution in [0.3, 0.4) is 0 Å². The largest absolute Gasteiger partial charge is 0.478 e. The van der Waals surface area contributed by atoms with Crippen molar-refractivity contribution >= 4 is 11.9 Å². The van der Waals surface area contributed by atoms with E-state index in [9.17, 15) is 9.59 Å². The monoisotopic (exact) mass is 382 g/mol. The molecule has 1 saturated carbocycles. The average Bonchev–Trinajstić information content (AvgIpc) is 3.31. The molecule has 1 fully saturated rings. The van der Waals surface area contributed by atoms with Crippen LogP contribution in [0.25, 0.3) is 0 Å². The number of carbonyl (C=O) groups is 2. The summed E-state index contributed by atoms with van der Waals surface area (Å²) in [7, 11) is 0. The van der Waals surface area contributed by atoms with E-state index in [-0.39, 0.29) is 5.56 Å². The minimum atomic E-state index is -1.01. The lowest BCUT2D eigenvalue weighted by atomic mass is 10.1. The SMILES string of the molecule is CCOC(=O)/C=C\N1C(Cn2cc(C(=O)O)cn2)=CN2CC(C3CC3)=CC=C21. The first-order valence-electron chi connectivity index (χ1n) is 9.33. The number of nitrogens with zero attached hydrogens (tertiary/aromatic N) is 4. The standard InChI is InChI=1S/C20H22N4O4/c1-2-28-19(25)7-8-24-17(13-23-11-16(9-21-23)20(26)27)12-22-10-15(14-3-4-14)5-6-18(22)24/h5-9,11-12,14H,2-4,10,13H2,1H3,(H,26,27)/b8-7-. The van der Waals surface area contributed by atoms with Gasteiger partial charge < -0.3 is 19.6 Å². The molecule has 0 unspecified atom stereocenters. The second-order valence-electron chi connectivity index (χ2n) is 6.96. The van der Waals surface area contributed by atoms with Crippen LogP contribution in [0.1, 0.15) is 30.1 Å². The van der Waals surface area contributed by atoms with Gasteiger partial charge >= 0.3 is 11.9 Å². The van der Waals surface area contributed by atoms with Gasteiger partial charge in [0.2, 0.25) is 0 Å². The quantitative estimate of drug-likeness (QED) is 0.572. The Morgan fingerprint density at radius 3 is 2.86 bits per heavy atom. The van der Waals surface area contributed by atoms with Gasteiger partial charge in [-0.25, -0.2) is 9.59 Å². The topological polar surface area (TPSA) is 87.9 Å². The lowest BCUT2D eigenvalue weighted by Crippen LogP contribution is -2.26. The lowest BCUT2D eigenvalue weighted by molar-refractivity contribution is -0.137. The zero-order valence-electron chi connectivity index (χ0n) is 15.6. The van der Waals surface area contributed by atoms with Gasteiger partial charge in [0.15, 0.2) is 0 Å². The fourth-order valence-electron chi connectivity index (χ4n) is 3.39. The van der Waals surface area contributed by atoms with Crippen molar-refractivity contribution in [2.24, 2.45) is 5.92 Å². The number of hydrogen-bond donors (Lipinski definition) is 1. The number of carbonyl (C=O) groups excluding carboxylic acids is 1. The van der Waals surface area contributed by atoms with E-state index in [1.165, 1.54) is 36.9 Å². The molecule has 1 aliphatic carbocycles. The van der Waals surface area contributed by atoms with E-state index in [0.717, 1.165) is 18.1 Å². The van der Waals surface area contributed by atoms with Crippen molar-refractivity contribution in [3.05, 3.63) is 65.7 Å². The Morgan fingerprint density at radius 2 is 2.18 bits per heavy atom. The summed E-state index contributed by atoms with van der Waals surface area (Å²) in [4.78, 5) is 26.9. The highest BCUT2D eigenvalue weighted by Crippen LogP contribution is 2.40. The molecule has 0 aromatic carbocycles. The summed E-state index contributed by atoms with van der Waals surface area (Å²) in [5.41, 5.74) is 2.45. The minimum absolute atomic E-state index is 0.141. The summed E-state index contributed by atoms with van der Waals surface area (Å²) in [5, 5.41) is 13.2. The smallest absolute Gasteiger partial charge is 0.338 e. The number of allylic oxidation sites excluding steroid dienone is 3. The maximum absolute atomic E-state index is 11.8. The molecule has 8 heteroatoms. The van der Waals surface area contributed by atoms with Gasteiger partial charge in [0, 0.05) is 31.2 Å². The number of fused-ring (bicyclic) bond motifs is 1. The summed E-state index contributed by atoms with van der Waals surface area (Å²) in [5.74, 6) is 0.218. The molecule has 0 radical (unpaired) electrons. The van der Waals surface area contributed by atoms with Gasteiger partial charge in [-0.05, 0) is 37.3 Å². The highest BCUT2D eigenvalue weighted by molar-refractivity contribution is 5.86. The van der Waals surface area contributed by atoms with E-state index in [2.05, 4.69) is 22.2 Å². The van der Waals surface area contributed by atoms with E-state index >= 15 is 0 Å². The number of hydrogen-bond acceptors (Lipinski definition) is 6. The van der Waals surface area contributed by atoms with Gasteiger partial charge in [0.05, 0.1) is 30.6 Å². The molecule has 8 nitrogen and oxygen atoms in total. The van der Waals surface area contributed by atoms with Gasteiger partial charge in [-0.15, -0.1) is 0 Å². The Bertz CT molecular complexity index is 920. The van der Waals surface area contributed by atoms with Crippen LogP contribution in [0.5, 0.6) is 0 Å². The molecule has 0 amide bonds. The second kappa shape index (κ2) is 7.38. The van der Waals surface area contributed by atoms with Gasteiger partial charge in [-0.3, -0.25) is 4.68 Å². The van der Waals surface area contributed by atoms with Crippen LogP contribution in [0.15, 0.2) is 60.1 Å². The highest BCUT2D eigenvalue weighted by atomic mass is 16.5. The number of carboxylic acids is 1. The molecule has 2 aliphatic heterocycles. The molecule has 3 aliphatic rings. The zero-order chi connectivity index (χ0) is 19.7. The molecule has 28 heavy (non-hydrogen) atoms. The summed E-state index contributed by atoms with van der Waals surface area (Å²) >= 11 is 0. The fraction of sp³-hybridized carbons (Fsp3) is 0.350. The number of rotatable bonds is 7. The lowest BCUT2D eigenvalue weighted by Gasteiger charge is -2.27. The first kappa shape index (κ1) is 18.1. The van der Waals surface area contributed by atoms with Crippen molar-refractivity contribution in [3.63, 3.8) is 0 Å². The van der Waals surface area contributed by atoms with Crippen LogP contribution >= 0.6 is 0 Å². The zero-order valence-corrected chi connectivity index (χ0v) is 15.6. The van der Waals surface area contributed by atoms with Crippen LogP contribution in [-0.4, -0.2) is 49.8 Å². The number of aromatic carboxylic acids is 1. The van der Waals surface area contributed by atoms with Gasteiger partial charge in [-0.1, -0.05) is 6.08 Å². The van der Waals surface area contributed by atoms with Crippen LogP contribution in [0.4, 0.5) is 0 Å². The van der Waals surface area contributed by atoms with Gasteiger partial charge in [-0.2, -0.15) is 5.10 Å². The predicted molar refractivity (Wildman–Crippen MR) is 100 cm³/mol. The van der Waals surface area contributed by atoms with E-state index < -0.39 is 11.9 Å². The third kappa shape index (κ3) is 3.71. The van der Waals surface area contributed by atoms with E-state index in [1.807, 2.05) is 11.1 Å². The third-order valence-electron chi connectivity index (χ3n) is 4.91. The van der Waals surface area contributed by atoms with Crippen molar-refractivity contribution in [1.82, 2.24) is 19.6 Å². The number of esters is 1. The molecular formula is C20H22N4O4. The maximum atomic E-state index is 11.8. The first-order chi connectivity index (χ1) is 13.5. The summed E-state index contributed by atoms with van der Waals surface area (Å²) in [6.45, 7) is 3.29. The van der Waals surface area contributed by atoms with Crippen LogP contribution in [0.2, 0.25) is 0 Å². The Hall–Kier alpha value is -3.29. The molecule has 146 valence electrons. The summed E-state index contributed by atoms with van der Waals surface area (Å²) < 4.78 is 6.56. The van der Waals surface area contributed by atoms with Gasteiger partial charge in [0.25, 0.3) is 0 Å². The molecule has 1 aromatic rings. The minimum Gasteiger partial charge on any atom is -0.478 e. The molecule has 0 atom stereocenters. The van der Waals surface area contributed by atoms with Gasteiger partial charge in [0.1, 0.15) is 5.82 Å². The Kier molecular flexibility index (Phi) is 4.77. The van der Waals surface area contributed by atoms with Crippen LogP contribution < -0.4 is 0 Å². The predicted octanol–water partition coefficient (Wildman–Crippen LogP) is 2.31. The Balaban J connectivity index is 1.58. The Labute approximate surface area is 162 Å². The van der Waals surface area contributed by atoms with Crippen LogP contribution in [0, 0.1) is 5.92 Å². The third-order valence-corrected chi connectivity index (χ3v) is 4.91. The average molecular weight is 382 g/mol. The molecule has 0 saturated heterocycles. The van der Waals surface area contributed by atoms with E-state index in [4.69, 9.17) is 9.84 Å². The van der Waals surface area contributed by atoms with Crippen molar-refractivity contribution in [2.45, 2.75) is 26.3 Å². The molecule has 0 spiro atoms. The maximum Gasteiger partial charge on any atom is 0.338 e. The normalized spacial score (nSPS) is 18.7. The molecule has 0 bridgehead atoms. The van der Waals surface area contributed by atoms with Crippen LogP contribution in [-0.2, 0) is 16.1 Å². The van der Waals surface area contributed by atoms with Crippen molar-refractivity contribution in [1.29, 1.82) is 0 Å². The molecule has 1 aromatic heterocycles. The van der Waals surface area contributed by atoms with Crippen molar-refractivity contribution in [3.8, 4) is 0 Å². The number of aromatic nitrogens is 2. The molecule has 4 rings (SSSR count). The molecule has 1 N–H and O–H groups in total. The number of carboxylic acid groups (broad SMARTS) is 1. The highest BCUT2D eigenvalue weighted by Gasteiger charge is 2.33. The molecule has 3 heterocycles. The summed E-state index contributed by atoms with van der Waals surface area (Å²) in [6, 6.07) is 0. The van der Waals surface area contributed by atoms with Crippen molar-refractivity contribution < 1.29 is 19.4 Å². The number of ether oxygens (including phenoxy) is 1. The van der Waals surface area contributed by atoms with E-state index in [1.54, 1.807) is 17.8 Å².